The first-order valence-electron chi connectivity index (χ1n) is 11.4. The van der Waals surface area contributed by atoms with Crippen molar-refractivity contribution in [2.24, 2.45) is 5.92 Å². The molecule has 1 aliphatic rings. The third-order valence-electron chi connectivity index (χ3n) is 5.99. The zero-order valence-corrected chi connectivity index (χ0v) is 20.9. The highest BCUT2D eigenvalue weighted by molar-refractivity contribution is 6.35. The van der Waals surface area contributed by atoms with Crippen LogP contribution in [0.5, 0.6) is 0 Å². The van der Waals surface area contributed by atoms with Crippen LogP contribution in [0.4, 0.5) is 10.5 Å². The van der Waals surface area contributed by atoms with Gasteiger partial charge in [-0.2, -0.15) is 0 Å². The summed E-state index contributed by atoms with van der Waals surface area (Å²) in [7, 11) is 0. The topological polar surface area (TPSA) is 90.0 Å². The Hall–Kier alpha value is -3.55. The lowest BCUT2D eigenvalue weighted by atomic mass is 9.99. The van der Waals surface area contributed by atoms with Gasteiger partial charge in [0.15, 0.2) is 0 Å². The molecule has 7 nitrogen and oxygen atoms in total. The van der Waals surface area contributed by atoms with Crippen molar-refractivity contribution >= 4 is 46.8 Å². The number of anilines is 1. The molecule has 2 N–H and O–H groups in total. The van der Waals surface area contributed by atoms with Crippen LogP contribution in [-0.4, -0.2) is 45.9 Å². The van der Waals surface area contributed by atoms with Gasteiger partial charge >= 0.3 is 12.0 Å². The zero-order chi connectivity index (χ0) is 25.7. The van der Waals surface area contributed by atoms with E-state index in [1.807, 2.05) is 24.3 Å². The van der Waals surface area contributed by atoms with Crippen LogP contribution in [-0.2, 0) is 17.9 Å². The monoisotopic (exact) mass is 525 g/mol. The van der Waals surface area contributed by atoms with Crippen molar-refractivity contribution in [1.82, 2.24) is 9.80 Å². The van der Waals surface area contributed by atoms with Gasteiger partial charge < -0.3 is 20.2 Å². The van der Waals surface area contributed by atoms with Gasteiger partial charge in [0.1, 0.15) is 0 Å². The number of halogens is 2. The predicted molar refractivity (Wildman–Crippen MR) is 139 cm³/mol. The van der Waals surface area contributed by atoms with E-state index in [0.717, 1.165) is 0 Å². The average molecular weight is 526 g/mol. The molecule has 0 saturated carbocycles. The van der Waals surface area contributed by atoms with Crippen LogP contribution in [0.25, 0.3) is 0 Å². The number of nitrogens with one attached hydrogen (secondary N) is 1. The van der Waals surface area contributed by atoms with Crippen LogP contribution in [0.3, 0.4) is 0 Å². The highest BCUT2D eigenvalue weighted by atomic mass is 35.5. The Labute approximate surface area is 219 Å². The van der Waals surface area contributed by atoms with Crippen LogP contribution in [0.2, 0.25) is 10.0 Å². The third kappa shape index (κ3) is 6.36. The van der Waals surface area contributed by atoms with Crippen LogP contribution >= 0.6 is 23.2 Å². The SMILES string of the molecule is O=C(O)CC1CN(Cc2ccc(Cl)cc2Cl)C(=O)N(Cc2ccccc2C(=O)Nc2ccccc2)C1. The van der Waals surface area contributed by atoms with Crippen molar-refractivity contribution in [1.29, 1.82) is 0 Å². The van der Waals surface area contributed by atoms with E-state index in [4.69, 9.17) is 23.2 Å². The molecule has 1 aliphatic heterocycles. The molecule has 3 amide bonds. The van der Waals surface area contributed by atoms with Gasteiger partial charge in [-0.3, -0.25) is 9.59 Å². The number of rotatable bonds is 8. The van der Waals surface area contributed by atoms with Crippen LogP contribution in [0, 0.1) is 5.92 Å². The van der Waals surface area contributed by atoms with Crippen LogP contribution < -0.4 is 5.32 Å². The maximum atomic E-state index is 13.5. The molecule has 1 atom stereocenters. The van der Waals surface area contributed by atoms with E-state index in [-0.39, 0.29) is 50.5 Å². The first kappa shape index (κ1) is 25.5. The molecule has 0 aliphatic carbocycles. The zero-order valence-electron chi connectivity index (χ0n) is 19.4. The number of urea groups is 1. The van der Waals surface area contributed by atoms with E-state index in [0.29, 0.717) is 32.4 Å². The van der Waals surface area contributed by atoms with E-state index in [2.05, 4.69) is 5.32 Å². The highest BCUT2D eigenvalue weighted by Gasteiger charge is 2.33. The van der Waals surface area contributed by atoms with Crippen molar-refractivity contribution < 1.29 is 19.5 Å². The van der Waals surface area contributed by atoms with Crippen molar-refractivity contribution in [3.05, 3.63) is 99.5 Å². The Bertz CT molecular complexity index is 1270. The summed E-state index contributed by atoms with van der Waals surface area (Å²) in [5, 5.41) is 13.2. The fourth-order valence-corrected chi connectivity index (χ4v) is 4.81. The van der Waals surface area contributed by atoms with Crippen molar-refractivity contribution in [2.45, 2.75) is 19.5 Å². The molecule has 1 saturated heterocycles. The summed E-state index contributed by atoms with van der Waals surface area (Å²) in [6.45, 7) is 0.942. The molecular formula is C27H25Cl2N3O4. The van der Waals surface area contributed by atoms with Gasteiger partial charge in [-0.05, 0) is 41.5 Å². The first-order chi connectivity index (χ1) is 17.3. The lowest BCUT2D eigenvalue weighted by Gasteiger charge is -2.40. The largest absolute Gasteiger partial charge is 0.481 e. The summed E-state index contributed by atoms with van der Waals surface area (Å²) in [4.78, 5) is 41.1. The Morgan fingerprint density at radius 1 is 0.889 bits per heavy atom. The van der Waals surface area contributed by atoms with Gasteiger partial charge in [0.2, 0.25) is 0 Å². The summed E-state index contributed by atoms with van der Waals surface area (Å²) in [5.74, 6) is -1.49. The minimum atomic E-state index is -0.929. The minimum Gasteiger partial charge on any atom is -0.481 e. The summed E-state index contributed by atoms with van der Waals surface area (Å²) in [6.07, 6.45) is -0.0786. The quantitative estimate of drug-likeness (QED) is 0.390. The van der Waals surface area contributed by atoms with E-state index in [1.165, 1.54) is 0 Å². The number of hydrogen-bond acceptors (Lipinski definition) is 3. The molecule has 1 unspecified atom stereocenters. The molecule has 0 bridgehead atoms. The number of carboxylic acid groups (broad SMARTS) is 1. The number of carboxylic acids is 1. The lowest BCUT2D eigenvalue weighted by molar-refractivity contribution is -0.138. The van der Waals surface area contributed by atoms with Gasteiger partial charge in [-0.25, -0.2) is 4.79 Å². The summed E-state index contributed by atoms with van der Waals surface area (Å²) in [5.41, 5.74) is 2.49. The Morgan fingerprint density at radius 2 is 1.53 bits per heavy atom. The summed E-state index contributed by atoms with van der Waals surface area (Å²) < 4.78 is 0. The number of carbonyl (C=O) groups excluding carboxylic acids is 2. The number of aliphatic carboxylic acids is 1. The normalized spacial score (nSPS) is 15.6. The Balaban J connectivity index is 1.56. The Morgan fingerprint density at radius 3 is 2.19 bits per heavy atom. The average Bonchev–Trinajstić information content (AvgIpc) is 2.84. The maximum absolute atomic E-state index is 13.5. The lowest BCUT2D eigenvalue weighted by Crippen LogP contribution is -2.53. The maximum Gasteiger partial charge on any atom is 0.320 e. The molecule has 1 heterocycles. The third-order valence-corrected chi connectivity index (χ3v) is 6.58. The van der Waals surface area contributed by atoms with Crippen molar-refractivity contribution in [2.75, 3.05) is 18.4 Å². The molecule has 3 aromatic rings. The molecular weight excluding hydrogens is 501 g/mol. The van der Waals surface area contributed by atoms with Gasteiger partial charge in [0.05, 0.1) is 6.42 Å². The fourth-order valence-electron chi connectivity index (χ4n) is 4.34. The second kappa shape index (κ2) is 11.5. The van der Waals surface area contributed by atoms with E-state index < -0.39 is 5.97 Å². The molecule has 3 aromatic carbocycles. The van der Waals surface area contributed by atoms with Gasteiger partial charge in [-0.15, -0.1) is 0 Å². The molecule has 0 spiro atoms. The molecule has 1 fully saturated rings. The van der Waals surface area contributed by atoms with Crippen molar-refractivity contribution in [3.8, 4) is 0 Å². The van der Waals surface area contributed by atoms with Crippen LogP contribution in [0.15, 0.2) is 72.8 Å². The van der Waals surface area contributed by atoms with Crippen LogP contribution in [0.1, 0.15) is 27.9 Å². The molecule has 0 aromatic heterocycles. The number of nitrogens with zero attached hydrogens (tertiary/aromatic N) is 2. The number of carbonyl (C=O) groups is 3. The highest BCUT2D eigenvalue weighted by Crippen LogP contribution is 2.27. The number of benzene rings is 3. The number of hydrogen-bond donors (Lipinski definition) is 2. The minimum absolute atomic E-state index is 0.0786. The molecule has 36 heavy (non-hydrogen) atoms. The Kier molecular flexibility index (Phi) is 8.13. The van der Waals surface area contributed by atoms with Gasteiger partial charge in [0.25, 0.3) is 5.91 Å². The molecule has 9 heteroatoms. The second-order valence-electron chi connectivity index (χ2n) is 8.72. The standard InChI is InChI=1S/C27H25Cl2N3O4/c28-21-11-10-20(24(29)13-21)17-32-15-18(12-25(33)34)14-31(27(32)36)16-19-6-4-5-9-23(19)26(35)30-22-7-2-1-3-8-22/h1-11,13,18H,12,14-17H2,(H,30,35)(H,33,34). The summed E-state index contributed by atoms with van der Waals surface area (Å²) in [6, 6.07) is 21.0. The van der Waals surface area contributed by atoms with E-state index >= 15 is 0 Å². The predicted octanol–water partition coefficient (Wildman–Crippen LogP) is 5.77. The molecule has 186 valence electrons. The van der Waals surface area contributed by atoms with Gasteiger partial charge in [-0.1, -0.05) is 65.7 Å². The van der Waals surface area contributed by atoms with E-state index in [9.17, 15) is 19.5 Å². The number of amides is 3. The van der Waals surface area contributed by atoms with Crippen molar-refractivity contribution in [3.63, 3.8) is 0 Å². The molecule has 0 radical (unpaired) electrons. The van der Waals surface area contributed by atoms with E-state index in [1.54, 1.807) is 58.3 Å². The number of para-hydroxylation sites is 1. The second-order valence-corrected chi connectivity index (χ2v) is 9.56. The van der Waals surface area contributed by atoms with Gasteiger partial charge in [0, 0.05) is 53.4 Å². The smallest absolute Gasteiger partial charge is 0.320 e. The first-order valence-corrected chi connectivity index (χ1v) is 12.2. The molecule has 4 rings (SSSR count). The fraction of sp³-hybridized carbons (Fsp3) is 0.222. The summed E-state index contributed by atoms with van der Waals surface area (Å²) >= 11 is 12.3.